The third-order valence-corrected chi connectivity index (χ3v) is 2.57. The van der Waals surface area contributed by atoms with Gasteiger partial charge in [-0.1, -0.05) is 19.1 Å². The van der Waals surface area contributed by atoms with Crippen LogP contribution in [0, 0.1) is 0 Å². The first kappa shape index (κ1) is 14.6. The van der Waals surface area contributed by atoms with Gasteiger partial charge in [-0.2, -0.15) is 0 Å². The van der Waals surface area contributed by atoms with Gasteiger partial charge in [-0.3, -0.25) is 0 Å². The minimum Gasteiger partial charge on any atom is -0.461 e. The number of rotatable bonds is 7. The van der Waals surface area contributed by atoms with E-state index in [9.17, 15) is 4.79 Å². The van der Waals surface area contributed by atoms with Crippen molar-refractivity contribution in [3.05, 3.63) is 11.4 Å². The summed E-state index contributed by atoms with van der Waals surface area (Å²) in [5, 5.41) is 16.7. The van der Waals surface area contributed by atoms with E-state index in [2.05, 4.69) is 10.3 Å². The number of carbonyl (C=O) groups excluding carboxylic acids is 1. The summed E-state index contributed by atoms with van der Waals surface area (Å²) >= 11 is 0. The number of aryl methyl sites for hydroxylation is 1. The molecule has 0 aliphatic heterocycles. The van der Waals surface area contributed by atoms with Crippen LogP contribution in [0.2, 0.25) is 0 Å². The molecule has 0 saturated heterocycles. The number of aliphatic hydroxyl groups excluding tert-OH is 1. The van der Waals surface area contributed by atoms with Gasteiger partial charge in [0.05, 0.1) is 12.3 Å². The first-order valence-corrected chi connectivity index (χ1v) is 6.33. The van der Waals surface area contributed by atoms with Gasteiger partial charge in [0, 0.05) is 13.2 Å². The molecular weight excluding hydrogens is 234 g/mol. The van der Waals surface area contributed by atoms with Crippen molar-refractivity contribution < 1.29 is 14.6 Å². The molecule has 1 aromatic rings. The second kappa shape index (κ2) is 7.10. The van der Waals surface area contributed by atoms with E-state index in [1.165, 1.54) is 0 Å². The maximum Gasteiger partial charge on any atom is 0.360 e. The highest BCUT2D eigenvalue weighted by Gasteiger charge is 2.22. The maximum absolute atomic E-state index is 11.7. The van der Waals surface area contributed by atoms with Crippen molar-refractivity contribution >= 4 is 5.97 Å². The SMILES string of the molecule is CCOC(=O)c1nnn(CCCCO)c1C(C)C. The van der Waals surface area contributed by atoms with Gasteiger partial charge >= 0.3 is 5.97 Å². The summed E-state index contributed by atoms with van der Waals surface area (Å²) in [5.74, 6) is -0.275. The van der Waals surface area contributed by atoms with Crippen LogP contribution in [0.4, 0.5) is 0 Å². The normalized spacial score (nSPS) is 10.9. The Hall–Kier alpha value is -1.43. The summed E-state index contributed by atoms with van der Waals surface area (Å²) in [4.78, 5) is 11.7. The standard InChI is InChI=1S/C12H21N3O3/c1-4-18-12(17)10-11(9(2)3)15(14-13-10)7-5-6-8-16/h9,16H,4-8H2,1-3H3. The highest BCUT2D eigenvalue weighted by Crippen LogP contribution is 2.18. The molecule has 0 spiro atoms. The number of aromatic nitrogens is 3. The number of unbranched alkanes of at least 4 members (excludes halogenated alkanes) is 1. The van der Waals surface area contributed by atoms with Gasteiger partial charge in [0.25, 0.3) is 0 Å². The van der Waals surface area contributed by atoms with E-state index in [1.807, 2.05) is 13.8 Å². The van der Waals surface area contributed by atoms with Crippen LogP contribution >= 0.6 is 0 Å². The van der Waals surface area contributed by atoms with Crippen molar-refractivity contribution in [3.63, 3.8) is 0 Å². The fourth-order valence-corrected chi connectivity index (χ4v) is 1.78. The second-order valence-corrected chi connectivity index (χ2v) is 4.35. The van der Waals surface area contributed by atoms with Crippen LogP contribution in [0.15, 0.2) is 0 Å². The summed E-state index contributed by atoms with van der Waals surface area (Å²) in [6.45, 7) is 6.89. The van der Waals surface area contributed by atoms with Crippen molar-refractivity contribution in [2.24, 2.45) is 0 Å². The smallest absolute Gasteiger partial charge is 0.360 e. The first-order chi connectivity index (χ1) is 8.61. The first-order valence-electron chi connectivity index (χ1n) is 6.33. The molecule has 6 heteroatoms. The molecule has 0 atom stereocenters. The summed E-state index contributed by atoms with van der Waals surface area (Å²) in [6.07, 6.45) is 1.52. The fraction of sp³-hybridized carbons (Fsp3) is 0.750. The minimum atomic E-state index is -0.422. The molecule has 102 valence electrons. The number of nitrogens with zero attached hydrogens (tertiary/aromatic N) is 3. The predicted molar refractivity (Wildman–Crippen MR) is 66.4 cm³/mol. The zero-order valence-electron chi connectivity index (χ0n) is 11.2. The van der Waals surface area contributed by atoms with Gasteiger partial charge in [-0.25, -0.2) is 9.48 Å². The molecule has 0 bridgehead atoms. The van der Waals surface area contributed by atoms with Gasteiger partial charge < -0.3 is 9.84 Å². The molecule has 1 rings (SSSR count). The summed E-state index contributed by atoms with van der Waals surface area (Å²) in [5.41, 5.74) is 1.10. The van der Waals surface area contributed by atoms with Gasteiger partial charge in [-0.15, -0.1) is 5.10 Å². The van der Waals surface area contributed by atoms with E-state index in [0.29, 0.717) is 25.3 Å². The largest absolute Gasteiger partial charge is 0.461 e. The highest BCUT2D eigenvalue weighted by molar-refractivity contribution is 5.88. The monoisotopic (exact) mass is 255 g/mol. The molecule has 6 nitrogen and oxygen atoms in total. The predicted octanol–water partition coefficient (Wildman–Crippen LogP) is 1.35. The number of carbonyl (C=O) groups is 1. The topological polar surface area (TPSA) is 77.2 Å². The Labute approximate surface area is 107 Å². The molecule has 0 saturated carbocycles. The quantitative estimate of drug-likeness (QED) is 0.588. The van der Waals surface area contributed by atoms with Crippen LogP contribution in [0.3, 0.4) is 0 Å². The Morgan fingerprint density at radius 2 is 2.17 bits per heavy atom. The van der Waals surface area contributed by atoms with Crippen molar-refractivity contribution in [2.75, 3.05) is 13.2 Å². The lowest BCUT2D eigenvalue weighted by molar-refractivity contribution is 0.0517. The number of hydrogen-bond donors (Lipinski definition) is 1. The molecule has 0 aliphatic rings. The summed E-state index contributed by atoms with van der Waals surface area (Å²) in [7, 11) is 0. The third-order valence-electron chi connectivity index (χ3n) is 2.57. The number of esters is 1. The zero-order valence-corrected chi connectivity index (χ0v) is 11.2. The lowest BCUT2D eigenvalue weighted by Crippen LogP contribution is -2.12. The molecule has 0 amide bonds. The number of ether oxygens (including phenoxy) is 1. The second-order valence-electron chi connectivity index (χ2n) is 4.35. The van der Waals surface area contributed by atoms with E-state index in [0.717, 1.165) is 12.1 Å². The van der Waals surface area contributed by atoms with Crippen molar-refractivity contribution in [1.29, 1.82) is 0 Å². The van der Waals surface area contributed by atoms with E-state index in [1.54, 1.807) is 11.6 Å². The Morgan fingerprint density at radius 3 is 2.72 bits per heavy atom. The van der Waals surface area contributed by atoms with Crippen molar-refractivity contribution in [2.45, 2.75) is 46.1 Å². The van der Waals surface area contributed by atoms with E-state index >= 15 is 0 Å². The van der Waals surface area contributed by atoms with Crippen LogP contribution in [0.1, 0.15) is 55.7 Å². The summed E-state index contributed by atoms with van der Waals surface area (Å²) in [6, 6.07) is 0. The van der Waals surface area contributed by atoms with E-state index < -0.39 is 5.97 Å². The van der Waals surface area contributed by atoms with Crippen molar-refractivity contribution in [3.8, 4) is 0 Å². The molecule has 0 aromatic carbocycles. The fourth-order valence-electron chi connectivity index (χ4n) is 1.78. The molecule has 0 radical (unpaired) electrons. The lowest BCUT2D eigenvalue weighted by atomic mass is 10.1. The van der Waals surface area contributed by atoms with Gasteiger partial charge in [0.2, 0.25) is 0 Å². The lowest BCUT2D eigenvalue weighted by Gasteiger charge is -2.10. The zero-order chi connectivity index (χ0) is 13.5. The van der Waals surface area contributed by atoms with Crippen molar-refractivity contribution in [1.82, 2.24) is 15.0 Å². The molecule has 1 aromatic heterocycles. The van der Waals surface area contributed by atoms with Gasteiger partial charge in [0.15, 0.2) is 5.69 Å². The molecule has 0 unspecified atom stereocenters. The Morgan fingerprint density at radius 1 is 1.44 bits per heavy atom. The third kappa shape index (κ3) is 3.53. The molecular formula is C12H21N3O3. The highest BCUT2D eigenvalue weighted by atomic mass is 16.5. The van der Waals surface area contributed by atoms with Gasteiger partial charge in [-0.05, 0) is 25.7 Å². The average molecular weight is 255 g/mol. The summed E-state index contributed by atoms with van der Waals surface area (Å²) < 4.78 is 6.69. The van der Waals surface area contributed by atoms with Gasteiger partial charge in [0.1, 0.15) is 0 Å². The number of aliphatic hydroxyl groups is 1. The average Bonchev–Trinajstić information content (AvgIpc) is 2.74. The maximum atomic E-state index is 11.7. The number of hydrogen-bond acceptors (Lipinski definition) is 5. The van der Waals surface area contributed by atoms with Crippen LogP contribution < -0.4 is 0 Å². The van der Waals surface area contributed by atoms with Crippen LogP contribution in [-0.4, -0.2) is 39.3 Å². The Kier molecular flexibility index (Phi) is 5.77. The molecule has 1 heterocycles. The molecule has 0 aliphatic carbocycles. The van der Waals surface area contributed by atoms with Crippen LogP contribution in [0.25, 0.3) is 0 Å². The van der Waals surface area contributed by atoms with E-state index in [-0.39, 0.29) is 12.5 Å². The van der Waals surface area contributed by atoms with E-state index in [4.69, 9.17) is 9.84 Å². The Bertz CT molecular complexity index is 388. The molecule has 0 fully saturated rings. The Balaban J connectivity index is 2.88. The molecule has 18 heavy (non-hydrogen) atoms. The van der Waals surface area contributed by atoms with Crippen LogP contribution in [0.5, 0.6) is 0 Å². The minimum absolute atomic E-state index is 0.147. The molecule has 1 N–H and O–H groups in total. The van der Waals surface area contributed by atoms with Crippen LogP contribution in [-0.2, 0) is 11.3 Å².